The first-order valence-corrected chi connectivity index (χ1v) is 3.64. The molecule has 64 valence electrons. The van der Waals surface area contributed by atoms with Gasteiger partial charge in [-0.15, -0.1) is 0 Å². The number of rotatable bonds is 3. The number of halogens is 1. The van der Waals surface area contributed by atoms with E-state index >= 15 is 0 Å². The summed E-state index contributed by atoms with van der Waals surface area (Å²) in [5, 5.41) is 10.6. The molecule has 0 aliphatic carbocycles. The van der Waals surface area contributed by atoms with Crippen LogP contribution < -0.4 is 39.4 Å². The van der Waals surface area contributed by atoms with E-state index in [1.165, 1.54) is 0 Å². The molecule has 1 rings (SSSR count). The zero-order chi connectivity index (χ0) is 8.97. The van der Waals surface area contributed by atoms with Gasteiger partial charge >= 0.3 is 29.6 Å². The van der Waals surface area contributed by atoms with Gasteiger partial charge in [0.1, 0.15) is 12.4 Å². The summed E-state index contributed by atoms with van der Waals surface area (Å²) in [4.78, 5) is 9.98. The summed E-state index contributed by atoms with van der Waals surface area (Å²) in [5.74, 6) is -0.784. The van der Waals surface area contributed by atoms with Crippen molar-refractivity contribution < 1.29 is 44.2 Å². The van der Waals surface area contributed by atoms with Crippen LogP contribution in [0.15, 0.2) is 24.3 Å². The van der Waals surface area contributed by atoms with E-state index in [9.17, 15) is 9.90 Å². The van der Waals surface area contributed by atoms with Crippen LogP contribution in [0.3, 0.4) is 0 Å². The zero-order valence-electron chi connectivity index (χ0n) is 7.12. The Morgan fingerprint density at radius 3 is 2.38 bits per heavy atom. The molecule has 0 saturated carbocycles. The number of carboxylic acid groups (broad SMARTS) is 1. The first-order valence-electron chi connectivity index (χ1n) is 3.26. The Morgan fingerprint density at radius 2 is 1.92 bits per heavy atom. The summed E-state index contributed by atoms with van der Waals surface area (Å²) in [6.45, 7) is -0.443. The van der Waals surface area contributed by atoms with Crippen molar-refractivity contribution in [1.82, 2.24) is 0 Å². The maximum absolute atomic E-state index is 9.98. The number of hydrogen-bond acceptors (Lipinski definition) is 3. The van der Waals surface area contributed by atoms with Crippen molar-refractivity contribution in [2.75, 3.05) is 6.61 Å². The average Bonchev–Trinajstić information content (AvgIpc) is 2.03. The number of hydrogen-bond donors (Lipinski definition) is 0. The van der Waals surface area contributed by atoms with Gasteiger partial charge in [0.25, 0.3) is 0 Å². The molecule has 0 saturated heterocycles. The molecule has 5 heteroatoms. The molecular formula is C8H6ClNaO3. The van der Waals surface area contributed by atoms with E-state index in [0.717, 1.165) is 0 Å². The van der Waals surface area contributed by atoms with E-state index in [-0.39, 0.29) is 29.6 Å². The summed E-state index contributed by atoms with van der Waals surface area (Å²) in [7, 11) is 0. The van der Waals surface area contributed by atoms with Crippen LogP contribution in [0.2, 0.25) is 5.02 Å². The van der Waals surface area contributed by atoms with Crippen molar-refractivity contribution in [1.29, 1.82) is 0 Å². The van der Waals surface area contributed by atoms with E-state index in [0.29, 0.717) is 10.8 Å². The predicted octanol–water partition coefficient (Wildman–Crippen LogP) is -2.53. The SMILES string of the molecule is O=C([O-])COc1ccc(Cl)cc1.[Na+]. The summed E-state index contributed by atoms with van der Waals surface area (Å²) >= 11 is 5.59. The molecule has 0 fully saturated rings. The molecule has 1 aromatic rings. The molecule has 0 amide bonds. The second-order valence-corrected chi connectivity index (χ2v) is 2.55. The van der Waals surface area contributed by atoms with Crippen LogP contribution in [-0.2, 0) is 4.79 Å². The second kappa shape index (κ2) is 6.27. The largest absolute Gasteiger partial charge is 1.00 e. The minimum atomic E-state index is -1.25. The Kier molecular flexibility index (Phi) is 6.16. The number of carbonyl (C=O) groups excluding carboxylic acids is 1. The fourth-order valence-electron chi connectivity index (χ4n) is 0.673. The maximum Gasteiger partial charge on any atom is 1.00 e. The van der Waals surface area contributed by atoms with E-state index in [1.54, 1.807) is 24.3 Å². The van der Waals surface area contributed by atoms with E-state index in [4.69, 9.17) is 16.3 Å². The number of carboxylic acids is 1. The summed E-state index contributed by atoms with van der Waals surface area (Å²) in [5.41, 5.74) is 0. The van der Waals surface area contributed by atoms with Crippen molar-refractivity contribution in [3.05, 3.63) is 29.3 Å². The van der Waals surface area contributed by atoms with Crippen molar-refractivity contribution in [3.63, 3.8) is 0 Å². The van der Waals surface area contributed by atoms with Gasteiger partial charge in [-0.3, -0.25) is 0 Å². The average molecular weight is 209 g/mol. The summed E-state index contributed by atoms with van der Waals surface area (Å²) < 4.78 is 4.80. The summed E-state index contributed by atoms with van der Waals surface area (Å²) in [6.07, 6.45) is 0. The third-order valence-electron chi connectivity index (χ3n) is 1.17. The predicted molar refractivity (Wildman–Crippen MR) is 42.0 cm³/mol. The molecule has 0 radical (unpaired) electrons. The van der Waals surface area contributed by atoms with Crippen LogP contribution in [0, 0.1) is 0 Å². The molecule has 0 spiro atoms. The zero-order valence-corrected chi connectivity index (χ0v) is 9.88. The quantitative estimate of drug-likeness (QED) is 0.515. The molecule has 1 aromatic carbocycles. The van der Waals surface area contributed by atoms with Crippen molar-refractivity contribution in [2.45, 2.75) is 0 Å². The van der Waals surface area contributed by atoms with Gasteiger partial charge in [-0.1, -0.05) is 11.6 Å². The monoisotopic (exact) mass is 208 g/mol. The minimum Gasteiger partial charge on any atom is -0.546 e. The molecule has 0 aromatic heterocycles. The Morgan fingerprint density at radius 1 is 1.38 bits per heavy atom. The first kappa shape index (κ1) is 12.8. The Labute approximate surface area is 103 Å². The van der Waals surface area contributed by atoms with Crippen LogP contribution in [0.1, 0.15) is 0 Å². The fraction of sp³-hybridized carbons (Fsp3) is 0.125. The van der Waals surface area contributed by atoms with E-state index < -0.39 is 12.6 Å². The van der Waals surface area contributed by atoms with Crippen LogP contribution in [0.5, 0.6) is 5.75 Å². The first-order chi connectivity index (χ1) is 5.68. The van der Waals surface area contributed by atoms with Crippen molar-refractivity contribution in [3.8, 4) is 5.75 Å². The van der Waals surface area contributed by atoms with Gasteiger partial charge < -0.3 is 14.6 Å². The van der Waals surface area contributed by atoms with Crippen LogP contribution in [-0.4, -0.2) is 12.6 Å². The van der Waals surface area contributed by atoms with Gasteiger partial charge in [0, 0.05) is 5.02 Å². The standard InChI is InChI=1S/C8H7ClO3.Na/c9-6-1-3-7(4-2-6)12-5-8(10)11;/h1-4H,5H2,(H,10,11);/q;+1/p-1. The maximum atomic E-state index is 9.98. The van der Waals surface area contributed by atoms with Gasteiger partial charge in [0.2, 0.25) is 0 Å². The van der Waals surface area contributed by atoms with Crippen LogP contribution >= 0.6 is 11.6 Å². The van der Waals surface area contributed by atoms with Gasteiger partial charge in [-0.25, -0.2) is 0 Å². The molecule has 0 atom stereocenters. The normalized spacial score (nSPS) is 8.69. The van der Waals surface area contributed by atoms with E-state index in [2.05, 4.69) is 0 Å². The molecule has 0 aliphatic heterocycles. The number of benzene rings is 1. The van der Waals surface area contributed by atoms with Crippen molar-refractivity contribution in [2.24, 2.45) is 0 Å². The third kappa shape index (κ3) is 5.16. The van der Waals surface area contributed by atoms with Gasteiger partial charge in [-0.2, -0.15) is 0 Å². The fourth-order valence-corrected chi connectivity index (χ4v) is 0.799. The number of carbonyl (C=O) groups is 1. The molecule has 3 nitrogen and oxygen atoms in total. The third-order valence-corrected chi connectivity index (χ3v) is 1.42. The Bertz CT molecular complexity index is 273. The Hall–Kier alpha value is -0.220. The van der Waals surface area contributed by atoms with Crippen LogP contribution in [0.4, 0.5) is 0 Å². The molecule has 0 heterocycles. The number of ether oxygens (including phenoxy) is 1. The Balaban J connectivity index is 0.00000144. The molecular weight excluding hydrogens is 203 g/mol. The molecule has 0 aliphatic rings. The van der Waals surface area contributed by atoms with Crippen molar-refractivity contribution >= 4 is 17.6 Å². The smallest absolute Gasteiger partial charge is 0.546 e. The second-order valence-electron chi connectivity index (χ2n) is 2.11. The number of aliphatic carboxylic acids is 1. The topological polar surface area (TPSA) is 49.4 Å². The van der Waals surface area contributed by atoms with Gasteiger partial charge in [0.05, 0.1) is 5.97 Å². The van der Waals surface area contributed by atoms with E-state index in [1.807, 2.05) is 0 Å². The summed E-state index contributed by atoms with van der Waals surface area (Å²) in [6, 6.07) is 6.41. The molecule has 0 N–H and O–H groups in total. The molecule has 13 heavy (non-hydrogen) atoms. The minimum absolute atomic E-state index is 0. The molecule has 0 unspecified atom stereocenters. The van der Waals surface area contributed by atoms with Gasteiger partial charge in [-0.05, 0) is 24.3 Å². The van der Waals surface area contributed by atoms with Crippen LogP contribution in [0.25, 0.3) is 0 Å². The molecule has 0 bridgehead atoms. The van der Waals surface area contributed by atoms with Gasteiger partial charge in [0.15, 0.2) is 0 Å².